The Bertz CT molecular complexity index is 1100. The van der Waals surface area contributed by atoms with Gasteiger partial charge in [0.2, 0.25) is 7.37 Å². The van der Waals surface area contributed by atoms with E-state index in [-0.39, 0.29) is 23.3 Å². The third-order valence-electron chi connectivity index (χ3n) is 5.51. The maximum Gasteiger partial charge on any atom is 0.255 e. The zero-order valence-electron chi connectivity index (χ0n) is 19.2. The van der Waals surface area contributed by atoms with Gasteiger partial charge in [0.25, 0.3) is 5.91 Å². The van der Waals surface area contributed by atoms with Gasteiger partial charge < -0.3 is 15.6 Å². The molecule has 1 heterocycles. The van der Waals surface area contributed by atoms with Gasteiger partial charge in [-0.15, -0.1) is 11.3 Å². The summed E-state index contributed by atoms with van der Waals surface area (Å²) in [7, 11) is -2.79. The number of amides is 1. The molecule has 170 valence electrons. The van der Waals surface area contributed by atoms with E-state index in [9.17, 15) is 9.36 Å². The molecule has 0 saturated carbocycles. The molecule has 0 aliphatic rings. The highest BCUT2D eigenvalue weighted by atomic mass is 32.1. The quantitative estimate of drug-likeness (QED) is 0.265. The van der Waals surface area contributed by atoms with Crippen LogP contribution in [0.3, 0.4) is 0 Å². The molecule has 0 fully saturated rings. The summed E-state index contributed by atoms with van der Waals surface area (Å²) in [5.41, 5.74) is 9.47. The Hall–Kier alpha value is -2.40. The monoisotopic (exact) mass is 470 g/mol. The molecule has 0 saturated heterocycles. The van der Waals surface area contributed by atoms with Crippen LogP contribution >= 0.6 is 18.7 Å². The van der Waals surface area contributed by atoms with Gasteiger partial charge in [-0.05, 0) is 53.8 Å². The number of benzene rings is 2. The Morgan fingerprint density at radius 1 is 1.00 bits per heavy atom. The Balaban J connectivity index is 1.73. The van der Waals surface area contributed by atoms with Crippen LogP contribution < -0.4 is 11.1 Å². The minimum absolute atomic E-state index is 0.0506. The predicted molar refractivity (Wildman–Crippen MR) is 136 cm³/mol. The third-order valence-corrected chi connectivity index (χ3v) is 9.96. The summed E-state index contributed by atoms with van der Waals surface area (Å²) < 4.78 is 19.3. The van der Waals surface area contributed by atoms with Gasteiger partial charge in [0.05, 0.1) is 17.5 Å². The van der Waals surface area contributed by atoms with E-state index < -0.39 is 7.37 Å². The maximum atomic E-state index is 13.2. The minimum atomic E-state index is -2.79. The molecule has 0 radical (unpaired) electrons. The molecule has 3 rings (SSSR count). The molecule has 3 aromatic rings. The fraction of sp³-hybridized carbons (Fsp3) is 0.320. The molecule has 0 aliphatic carbocycles. The van der Waals surface area contributed by atoms with Gasteiger partial charge in [-0.25, -0.2) is 0 Å². The van der Waals surface area contributed by atoms with E-state index in [2.05, 4.69) is 5.32 Å². The van der Waals surface area contributed by atoms with Crippen LogP contribution in [-0.4, -0.2) is 17.2 Å². The summed E-state index contributed by atoms with van der Waals surface area (Å²) in [6.45, 7) is 9.61. The van der Waals surface area contributed by atoms with Crippen LogP contribution in [0.4, 0.5) is 11.4 Å². The molecule has 2 aromatic carbocycles. The van der Waals surface area contributed by atoms with Crippen molar-refractivity contribution in [3.8, 4) is 10.4 Å². The molecule has 7 heteroatoms. The number of rotatable bonds is 8. The standard InChI is InChI=1S/C25H31N2O3PS/c1-16(2)31(29,17(3)4)30-18(5)19-8-10-20(11-9-19)25(28)27-23-15-21(12-13-22(23)26)24-7-6-14-32-24/h6-18H,26H2,1-5H3,(H,27,28). The zero-order chi connectivity index (χ0) is 23.5. The Labute approximate surface area is 194 Å². The number of hydrogen-bond donors (Lipinski definition) is 2. The van der Waals surface area contributed by atoms with Crippen molar-refractivity contribution in [1.82, 2.24) is 0 Å². The molecule has 5 nitrogen and oxygen atoms in total. The van der Waals surface area contributed by atoms with Gasteiger partial charge in [-0.2, -0.15) is 0 Å². The summed E-state index contributed by atoms with van der Waals surface area (Å²) in [5.74, 6) is -0.241. The lowest BCUT2D eigenvalue weighted by Gasteiger charge is -2.29. The van der Waals surface area contributed by atoms with Crippen LogP contribution in [0.15, 0.2) is 60.0 Å². The second kappa shape index (κ2) is 10.0. The van der Waals surface area contributed by atoms with Crippen LogP contribution in [0.2, 0.25) is 0 Å². The maximum absolute atomic E-state index is 13.2. The Kier molecular flexibility index (Phi) is 7.60. The van der Waals surface area contributed by atoms with Crippen molar-refractivity contribution in [2.24, 2.45) is 0 Å². The van der Waals surface area contributed by atoms with Crippen LogP contribution in [-0.2, 0) is 9.09 Å². The van der Waals surface area contributed by atoms with E-state index >= 15 is 0 Å². The van der Waals surface area contributed by atoms with Crippen LogP contribution in [0.5, 0.6) is 0 Å². The first-order chi connectivity index (χ1) is 15.1. The van der Waals surface area contributed by atoms with Crippen LogP contribution in [0.1, 0.15) is 56.6 Å². The van der Waals surface area contributed by atoms with Gasteiger partial charge in [0.1, 0.15) is 0 Å². The largest absolute Gasteiger partial charge is 0.397 e. The Morgan fingerprint density at radius 3 is 2.22 bits per heavy atom. The second-order valence-electron chi connectivity index (χ2n) is 8.44. The summed E-state index contributed by atoms with van der Waals surface area (Å²) in [5, 5.41) is 4.92. The molecular formula is C25H31N2O3PS. The van der Waals surface area contributed by atoms with Crippen molar-refractivity contribution in [3.05, 3.63) is 71.1 Å². The first-order valence-corrected chi connectivity index (χ1v) is 13.4. The van der Waals surface area contributed by atoms with Gasteiger partial charge in [-0.3, -0.25) is 9.36 Å². The first kappa shape index (κ1) is 24.2. The highest BCUT2D eigenvalue weighted by Gasteiger charge is 2.33. The number of carbonyl (C=O) groups excluding carboxylic acids is 1. The molecule has 3 N–H and O–H groups in total. The van der Waals surface area contributed by atoms with E-state index in [0.717, 1.165) is 16.0 Å². The number of nitrogen functional groups attached to an aromatic ring is 1. The fourth-order valence-corrected chi connectivity index (χ4v) is 6.53. The molecule has 1 amide bonds. The number of nitrogens with two attached hydrogens (primary N) is 1. The number of anilines is 2. The molecule has 1 unspecified atom stereocenters. The SMILES string of the molecule is CC(OP(=O)(C(C)C)C(C)C)c1ccc(C(=O)Nc2cc(-c3cccs3)ccc2N)cc1. The van der Waals surface area contributed by atoms with E-state index in [0.29, 0.717) is 16.9 Å². The van der Waals surface area contributed by atoms with Gasteiger partial charge in [0, 0.05) is 21.8 Å². The van der Waals surface area contributed by atoms with Crippen LogP contribution in [0.25, 0.3) is 10.4 Å². The smallest absolute Gasteiger partial charge is 0.255 e. The molecular weight excluding hydrogens is 439 g/mol. The summed E-state index contributed by atoms with van der Waals surface area (Å²) in [6, 6.07) is 16.8. The highest BCUT2D eigenvalue weighted by Crippen LogP contribution is 2.58. The molecule has 0 aliphatic heterocycles. The van der Waals surface area contributed by atoms with Crippen molar-refractivity contribution >= 4 is 36.0 Å². The normalized spacial score (nSPS) is 12.8. The summed E-state index contributed by atoms with van der Waals surface area (Å²) in [6.07, 6.45) is -0.333. The predicted octanol–water partition coefficient (Wildman–Crippen LogP) is 7.42. The van der Waals surface area contributed by atoms with E-state index in [1.807, 2.05) is 76.4 Å². The molecule has 1 aromatic heterocycles. The van der Waals surface area contributed by atoms with Crippen molar-refractivity contribution in [2.45, 2.75) is 52.0 Å². The van der Waals surface area contributed by atoms with E-state index in [1.54, 1.807) is 29.5 Å². The van der Waals surface area contributed by atoms with Crippen molar-refractivity contribution in [2.75, 3.05) is 11.1 Å². The lowest BCUT2D eigenvalue weighted by Crippen LogP contribution is -2.14. The van der Waals surface area contributed by atoms with E-state index in [4.69, 9.17) is 10.3 Å². The third kappa shape index (κ3) is 5.32. The molecule has 32 heavy (non-hydrogen) atoms. The molecule has 0 bridgehead atoms. The van der Waals surface area contributed by atoms with E-state index in [1.165, 1.54) is 0 Å². The second-order valence-corrected chi connectivity index (χ2v) is 13.0. The molecule has 1 atom stereocenters. The number of nitrogens with one attached hydrogen (secondary N) is 1. The molecule has 0 spiro atoms. The zero-order valence-corrected chi connectivity index (χ0v) is 20.9. The number of thiophene rings is 1. The summed E-state index contributed by atoms with van der Waals surface area (Å²) in [4.78, 5) is 13.9. The minimum Gasteiger partial charge on any atom is -0.397 e. The lowest BCUT2D eigenvalue weighted by molar-refractivity contribution is 0.102. The van der Waals surface area contributed by atoms with Crippen molar-refractivity contribution in [3.63, 3.8) is 0 Å². The van der Waals surface area contributed by atoms with Crippen molar-refractivity contribution in [1.29, 1.82) is 0 Å². The first-order valence-electron chi connectivity index (χ1n) is 10.7. The van der Waals surface area contributed by atoms with Gasteiger partial charge in [-0.1, -0.05) is 52.0 Å². The topological polar surface area (TPSA) is 81.4 Å². The highest BCUT2D eigenvalue weighted by molar-refractivity contribution is 7.60. The lowest BCUT2D eigenvalue weighted by atomic mass is 10.1. The average Bonchev–Trinajstić information content (AvgIpc) is 3.30. The Morgan fingerprint density at radius 2 is 1.66 bits per heavy atom. The van der Waals surface area contributed by atoms with Crippen LogP contribution in [0, 0.1) is 0 Å². The average molecular weight is 471 g/mol. The number of carbonyl (C=O) groups is 1. The van der Waals surface area contributed by atoms with Gasteiger partial charge in [0.15, 0.2) is 0 Å². The number of hydrogen-bond acceptors (Lipinski definition) is 5. The van der Waals surface area contributed by atoms with Crippen molar-refractivity contribution < 1.29 is 13.9 Å². The van der Waals surface area contributed by atoms with Gasteiger partial charge >= 0.3 is 0 Å². The summed E-state index contributed by atoms with van der Waals surface area (Å²) >= 11 is 1.63. The fourth-order valence-electron chi connectivity index (χ4n) is 3.51.